The Balaban J connectivity index is 2.07. The van der Waals surface area contributed by atoms with Gasteiger partial charge in [-0.25, -0.2) is 14.3 Å². The standard InChI is InChI=1S/C12H14ClN5O3/c1-2-21-12(19)18-7-14-8-9(15-11(13)16-10(8)18)17-3-5-20-6-4-17/h7H,2-6H2,1H3. The molecule has 21 heavy (non-hydrogen) atoms. The van der Waals surface area contributed by atoms with Crippen LogP contribution in [0.5, 0.6) is 0 Å². The normalized spacial score (nSPS) is 15.4. The topological polar surface area (TPSA) is 82.4 Å². The highest BCUT2D eigenvalue weighted by Gasteiger charge is 2.22. The van der Waals surface area contributed by atoms with Crippen LogP contribution in [-0.2, 0) is 9.47 Å². The average Bonchev–Trinajstić information content (AvgIpc) is 2.91. The van der Waals surface area contributed by atoms with Crippen molar-refractivity contribution in [1.29, 1.82) is 0 Å². The molecule has 0 aliphatic carbocycles. The molecule has 0 radical (unpaired) electrons. The highest BCUT2D eigenvalue weighted by molar-refractivity contribution is 6.28. The fraction of sp³-hybridized carbons (Fsp3) is 0.500. The van der Waals surface area contributed by atoms with Crippen LogP contribution in [0.4, 0.5) is 10.6 Å². The number of nitrogens with zero attached hydrogens (tertiary/aromatic N) is 5. The minimum Gasteiger partial charge on any atom is -0.449 e. The third-order valence-corrected chi connectivity index (χ3v) is 3.29. The molecule has 0 N–H and O–H groups in total. The van der Waals surface area contributed by atoms with Crippen LogP contribution in [-0.4, -0.2) is 58.5 Å². The first-order chi connectivity index (χ1) is 10.2. The number of imidazole rings is 1. The fourth-order valence-corrected chi connectivity index (χ4v) is 2.34. The van der Waals surface area contributed by atoms with Crippen molar-refractivity contribution in [2.75, 3.05) is 37.8 Å². The van der Waals surface area contributed by atoms with Crippen molar-refractivity contribution in [2.45, 2.75) is 6.92 Å². The number of hydrogen-bond acceptors (Lipinski definition) is 7. The molecule has 1 fully saturated rings. The van der Waals surface area contributed by atoms with Gasteiger partial charge in [-0.15, -0.1) is 0 Å². The number of anilines is 1. The second-order valence-electron chi connectivity index (χ2n) is 4.40. The van der Waals surface area contributed by atoms with Crippen molar-refractivity contribution in [2.24, 2.45) is 0 Å². The van der Waals surface area contributed by atoms with E-state index >= 15 is 0 Å². The third-order valence-electron chi connectivity index (χ3n) is 3.13. The molecule has 2 aromatic heterocycles. The maximum absolute atomic E-state index is 11.9. The lowest BCUT2D eigenvalue weighted by atomic mass is 10.4. The summed E-state index contributed by atoms with van der Waals surface area (Å²) in [6.07, 6.45) is 0.833. The van der Waals surface area contributed by atoms with E-state index in [0.29, 0.717) is 43.3 Å². The van der Waals surface area contributed by atoms with Gasteiger partial charge in [-0.3, -0.25) is 0 Å². The molecule has 0 aromatic carbocycles. The van der Waals surface area contributed by atoms with E-state index in [1.165, 1.54) is 10.9 Å². The summed E-state index contributed by atoms with van der Waals surface area (Å²) in [7, 11) is 0. The largest absolute Gasteiger partial charge is 0.449 e. The zero-order chi connectivity index (χ0) is 14.8. The van der Waals surface area contributed by atoms with E-state index in [2.05, 4.69) is 15.0 Å². The lowest BCUT2D eigenvalue weighted by Gasteiger charge is -2.27. The molecule has 1 aliphatic rings. The highest BCUT2D eigenvalue weighted by atomic mass is 35.5. The smallest absolute Gasteiger partial charge is 0.420 e. The molecule has 1 saturated heterocycles. The van der Waals surface area contributed by atoms with Crippen LogP contribution >= 0.6 is 11.6 Å². The van der Waals surface area contributed by atoms with E-state index < -0.39 is 6.09 Å². The predicted molar refractivity (Wildman–Crippen MR) is 75.8 cm³/mol. The van der Waals surface area contributed by atoms with Gasteiger partial charge >= 0.3 is 6.09 Å². The summed E-state index contributed by atoms with van der Waals surface area (Å²) >= 11 is 5.98. The number of ether oxygens (including phenoxy) is 2. The fourth-order valence-electron chi connectivity index (χ4n) is 2.18. The maximum Gasteiger partial charge on any atom is 0.420 e. The first kappa shape index (κ1) is 14.0. The van der Waals surface area contributed by atoms with Crippen molar-refractivity contribution in [1.82, 2.24) is 19.5 Å². The zero-order valence-corrected chi connectivity index (χ0v) is 12.2. The van der Waals surface area contributed by atoms with E-state index in [9.17, 15) is 4.79 Å². The summed E-state index contributed by atoms with van der Waals surface area (Å²) in [6.45, 7) is 4.61. The number of rotatable bonds is 2. The van der Waals surface area contributed by atoms with Crippen LogP contribution in [0.25, 0.3) is 11.2 Å². The second kappa shape index (κ2) is 5.82. The Kier molecular flexibility index (Phi) is 3.89. The number of carbonyl (C=O) groups is 1. The summed E-state index contributed by atoms with van der Waals surface area (Å²) < 4.78 is 11.5. The van der Waals surface area contributed by atoms with E-state index in [-0.39, 0.29) is 11.9 Å². The van der Waals surface area contributed by atoms with Gasteiger partial charge in [0.2, 0.25) is 5.28 Å². The summed E-state index contributed by atoms with van der Waals surface area (Å²) in [6, 6.07) is 0. The van der Waals surface area contributed by atoms with Gasteiger partial charge in [-0.1, -0.05) is 0 Å². The molecule has 0 amide bonds. The molecule has 3 rings (SSSR count). The SMILES string of the molecule is CCOC(=O)n1cnc2c(N3CCOCC3)nc(Cl)nc21. The molecule has 2 aromatic rings. The molecule has 1 aliphatic heterocycles. The quantitative estimate of drug-likeness (QED) is 0.773. The second-order valence-corrected chi connectivity index (χ2v) is 4.74. The Labute approximate surface area is 125 Å². The van der Waals surface area contributed by atoms with Crippen LogP contribution in [0.2, 0.25) is 5.28 Å². The summed E-state index contributed by atoms with van der Waals surface area (Å²) in [4.78, 5) is 26.5. The summed E-state index contributed by atoms with van der Waals surface area (Å²) in [5.74, 6) is 0.608. The Morgan fingerprint density at radius 1 is 1.43 bits per heavy atom. The van der Waals surface area contributed by atoms with E-state index in [4.69, 9.17) is 21.1 Å². The van der Waals surface area contributed by atoms with Crippen LogP contribution in [0.3, 0.4) is 0 Å². The Hall–Kier alpha value is -1.93. The third kappa shape index (κ3) is 2.64. The molecule has 8 nitrogen and oxygen atoms in total. The van der Waals surface area contributed by atoms with Crippen LogP contribution < -0.4 is 4.90 Å². The molecule has 0 atom stereocenters. The first-order valence-corrected chi connectivity index (χ1v) is 6.99. The minimum absolute atomic E-state index is 0.0649. The number of hydrogen-bond donors (Lipinski definition) is 0. The van der Waals surface area contributed by atoms with E-state index in [0.717, 1.165) is 0 Å². The van der Waals surface area contributed by atoms with Crippen molar-refractivity contribution < 1.29 is 14.3 Å². The van der Waals surface area contributed by atoms with E-state index in [1.807, 2.05) is 4.90 Å². The molecular weight excluding hydrogens is 298 g/mol. The average molecular weight is 312 g/mol. The first-order valence-electron chi connectivity index (χ1n) is 6.61. The highest BCUT2D eigenvalue weighted by Crippen LogP contribution is 2.25. The van der Waals surface area contributed by atoms with Gasteiger partial charge in [-0.05, 0) is 18.5 Å². The number of halogens is 1. The van der Waals surface area contributed by atoms with Gasteiger partial charge in [0.1, 0.15) is 6.33 Å². The van der Waals surface area contributed by atoms with Gasteiger partial charge in [-0.2, -0.15) is 9.97 Å². The van der Waals surface area contributed by atoms with Crippen LogP contribution in [0.15, 0.2) is 6.33 Å². The predicted octanol–water partition coefficient (Wildman–Crippen LogP) is 1.32. The Morgan fingerprint density at radius 2 is 2.19 bits per heavy atom. The van der Waals surface area contributed by atoms with Crippen molar-refractivity contribution in [3.63, 3.8) is 0 Å². The Bertz CT molecular complexity index is 668. The number of carbonyl (C=O) groups excluding carboxylic acids is 1. The molecule has 0 saturated carbocycles. The van der Waals surface area contributed by atoms with Crippen LogP contribution in [0.1, 0.15) is 6.92 Å². The van der Waals surface area contributed by atoms with Gasteiger partial charge in [0.25, 0.3) is 0 Å². The number of morpholine rings is 1. The van der Waals surface area contributed by atoms with Gasteiger partial charge in [0, 0.05) is 13.1 Å². The van der Waals surface area contributed by atoms with E-state index in [1.54, 1.807) is 6.92 Å². The van der Waals surface area contributed by atoms with Crippen molar-refractivity contribution in [3.8, 4) is 0 Å². The number of aromatic nitrogens is 4. The van der Waals surface area contributed by atoms with Crippen LogP contribution in [0, 0.1) is 0 Å². The zero-order valence-electron chi connectivity index (χ0n) is 11.5. The summed E-state index contributed by atoms with van der Waals surface area (Å²) in [5.41, 5.74) is 0.865. The monoisotopic (exact) mass is 311 g/mol. The lowest BCUT2D eigenvalue weighted by Crippen LogP contribution is -2.37. The molecule has 0 spiro atoms. The molecule has 112 valence electrons. The molecular formula is C12H14ClN5O3. The summed E-state index contributed by atoms with van der Waals surface area (Å²) in [5, 5.41) is 0.0649. The van der Waals surface area contributed by atoms with Gasteiger partial charge in [0.05, 0.1) is 19.8 Å². The number of fused-ring (bicyclic) bond motifs is 1. The van der Waals surface area contributed by atoms with Gasteiger partial charge < -0.3 is 14.4 Å². The molecule has 0 unspecified atom stereocenters. The lowest BCUT2D eigenvalue weighted by molar-refractivity contribution is 0.122. The maximum atomic E-state index is 11.9. The molecule has 9 heteroatoms. The molecule has 3 heterocycles. The Morgan fingerprint density at radius 3 is 2.90 bits per heavy atom. The van der Waals surface area contributed by atoms with Crippen molar-refractivity contribution in [3.05, 3.63) is 11.6 Å². The minimum atomic E-state index is -0.539. The molecule has 0 bridgehead atoms. The van der Waals surface area contributed by atoms with Gasteiger partial charge in [0.15, 0.2) is 17.0 Å². The van der Waals surface area contributed by atoms with Crippen molar-refractivity contribution >= 4 is 34.7 Å².